The molecule has 0 unspecified atom stereocenters. The van der Waals surface area contributed by atoms with Crippen molar-refractivity contribution in [1.29, 1.82) is 0 Å². The van der Waals surface area contributed by atoms with Crippen molar-refractivity contribution in [2.45, 2.75) is 12.8 Å². The minimum absolute atomic E-state index is 0.0973. The van der Waals surface area contributed by atoms with Crippen LogP contribution < -0.4 is 5.32 Å². The first-order valence-electron chi connectivity index (χ1n) is 4.63. The van der Waals surface area contributed by atoms with E-state index in [-0.39, 0.29) is 5.91 Å². The van der Waals surface area contributed by atoms with E-state index in [0.29, 0.717) is 25.5 Å². The lowest BCUT2D eigenvalue weighted by Gasteiger charge is -2.04. The standard InChI is InChI=1S/C9H19NO3S/c1-12-6-3-4-9(11)10-5-7-14-8-13-2/h3-8H2,1-2H3,(H,10,11). The molecule has 0 spiro atoms. The maximum absolute atomic E-state index is 11.1. The van der Waals surface area contributed by atoms with Gasteiger partial charge >= 0.3 is 0 Å². The summed E-state index contributed by atoms with van der Waals surface area (Å²) in [5, 5.41) is 2.83. The van der Waals surface area contributed by atoms with E-state index in [4.69, 9.17) is 9.47 Å². The van der Waals surface area contributed by atoms with E-state index in [9.17, 15) is 4.79 Å². The van der Waals surface area contributed by atoms with Gasteiger partial charge in [0.2, 0.25) is 5.91 Å². The van der Waals surface area contributed by atoms with Crippen molar-refractivity contribution in [3.63, 3.8) is 0 Å². The van der Waals surface area contributed by atoms with E-state index in [1.807, 2.05) is 0 Å². The van der Waals surface area contributed by atoms with Gasteiger partial charge < -0.3 is 14.8 Å². The molecular weight excluding hydrogens is 202 g/mol. The summed E-state index contributed by atoms with van der Waals surface area (Å²) in [6.45, 7) is 1.35. The molecule has 14 heavy (non-hydrogen) atoms. The second-order valence-electron chi connectivity index (χ2n) is 2.76. The second-order valence-corrected chi connectivity index (χ2v) is 3.81. The van der Waals surface area contributed by atoms with Crippen LogP contribution in [0.4, 0.5) is 0 Å². The molecule has 4 nitrogen and oxygen atoms in total. The van der Waals surface area contributed by atoms with Crippen LogP contribution in [0, 0.1) is 0 Å². The van der Waals surface area contributed by atoms with E-state index < -0.39 is 0 Å². The Kier molecular flexibility index (Phi) is 10.6. The highest BCUT2D eigenvalue weighted by Gasteiger charge is 1.99. The predicted molar refractivity (Wildman–Crippen MR) is 58.5 cm³/mol. The smallest absolute Gasteiger partial charge is 0.220 e. The number of rotatable bonds is 9. The van der Waals surface area contributed by atoms with E-state index in [1.54, 1.807) is 26.0 Å². The highest BCUT2D eigenvalue weighted by Crippen LogP contribution is 1.97. The molecule has 0 heterocycles. The highest BCUT2D eigenvalue weighted by atomic mass is 32.2. The van der Waals surface area contributed by atoms with Crippen LogP contribution in [0.3, 0.4) is 0 Å². The summed E-state index contributed by atoms with van der Waals surface area (Å²) >= 11 is 1.66. The molecule has 0 saturated carbocycles. The quantitative estimate of drug-likeness (QED) is 0.463. The van der Waals surface area contributed by atoms with Crippen molar-refractivity contribution < 1.29 is 14.3 Å². The zero-order valence-electron chi connectivity index (χ0n) is 8.88. The van der Waals surface area contributed by atoms with Gasteiger partial charge in [-0.15, -0.1) is 11.8 Å². The fraction of sp³-hybridized carbons (Fsp3) is 0.889. The van der Waals surface area contributed by atoms with Crippen LogP contribution >= 0.6 is 11.8 Å². The number of methoxy groups -OCH3 is 2. The van der Waals surface area contributed by atoms with Gasteiger partial charge in [-0.2, -0.15) is 0 Å². The molecule has 0 atom stereocenters. The Morgan fingerprint density at radius 2 is 2.14 bits per heavy atom. The first-order valence-corrected chi connectivity index (χ1v) is 5.79. The van der Waals surface area contributed by atoms with Gasteiger partial charge in [-0.25, -0.2) is 0 Å². The number of hydrogen-bond donors (Lipinski definition) is 1. The Morgan fingerprint density at radius 3 is 2.79 bits per heavy atom. The normalized spacial score (nSPS) is 10.1. The molecule has 0 aliphatic carbocycles. The van der Waals surface area contributed by atoms with Gasteiger partial charge in [0.1, 0.15) is 0 Å². The number of ether oxygens (including phenoxy) is 2. The number of carbonyl (C=O) groups excluding carboxylic acids is 1. The van der Waals surface area contributed by atoms with Gasteiger partial charge in [-0.3, -0.25) is 4.79 Å². The molecule has 0 fully saturated rings. The third-order valence-electron chi connectivity index (χ3n) is 1.52. The molecule has 1 amide bonds. The van der Waals surface area contributed by atoms with Crippen molar-refractivity contribution in [3.8, 4) is 0 Å². The van der Waals surface area contributed by atoms with E-state index in [2.05, 4.69) is 5.32 Å². The van der Waals surface area contributed by atoms with Gasteiger partial charge in [-0.1, -0.05) is 0 Å². The molecule has 0 aromatic carbocycles. The van der Waals surface area contributed by atoms with Crippen LogP contribution in [0.2, 0.25) is 0 Å². The fourth-order valence-corrected chi connectivity index (χ4v) is 1.40. The summed E-state index contributed by atoms with van der Waals surface area (Å²) in [5.74, 6) is 1.67. The number of nitrogens with one attached hydrogen (secondary N) is 1. The first kappa shape index (κ1) is 13.7. The lowest BCUT2D eigenvalue weighted by molar-refractivity contribution is -0.121. The summed E-state index contributed by atoms with van der Waals surface area (Å²) in [4.78, 5) is 11.1. The summed E-state index contributed by atoms with van der Waals surface area (Å²) in [6, 6.07) is 0. The lowest BCUT2D eigenvalue weighted by Crippen LogP contribution is -2.25. The summed E-state index contributed by atoms with van der Waals surface area (Å²) in [5.41, 5.74) is 0. The van der Waals surface area contributed by atoms with Gasteiger partial charge in [0.05, 0.1) is 5.94 Å². The first-order chi connectivity index (χ1) is 6.81. The zero-order chi connectivity index (χ0) is 10.6. The Morgan fingerprint density at radius 1 is 1.36 bits per heavy atom. The van der Waals surface area contributed by atoms with E-state index in [0.717, 1.165) is 12.2 Å². The van der Waals surface area contributed by atoms with Crippen LogP contribution in [0.15, 0.2) is 0 Å². The van der Waals surface area contributed by atoms with Crippen molar-refractivity contribution in [2.24, 2.45) is 0 Å². The molecular formula is C9H19NO3S. The second kappa shape index (κ2) is 10.8. The number of hydrogen-bond acceptors (Lipinski definition) is 4. The maximum atomic E-state index is 11.1. The topological polar surface area (TPSA) is 47.6 Å². The van der Waals surface area contributed by atoms with Crippen molar-refractivity contribution in [3.05, 3.63) is 0 Å². The molecule has 1 N–H and O–H groups in total. The van der Waals surface area contributed by atoms with Gasteiger partial charge in [-0.05, 0) is 6.42 Å². The highest BCUT2D eigenvalue weighted by molar-refractivity contribution is 7.99. The molecule has 0 saturated heterocycles. The van der Waals surface area contributed by atoms with Gasteiger partial charge in [0.25, 0.3) is 0 Å². The molecule has 0 aliphatic heterocycles. The number of amides is 1. The molecule has 0 rings (SSSR count). The minimum atomic E-state index is 0.0973. The maximum Gasteiger partial charge on any atom is 0.220 e. The number of carbonyl (C=O) groups is 1. The third-order valence-corrected chi connectivity index (χ3v) is 2.42. The van der Waals surface area contributed by atoms with Crippen molar-refractivity contribution >= 4 is 17.7 Å². The SMILES string of the molecule is COCCCC(=O)NCCSCOC. The van der Waals surface area contributed by atoms with Gasteiger partial charge in [0.15, 0.2) is 0 Å². The summed E-state index contributed by atoms with van der Waals surface area (Å²) in [7, 11) is 3.30. The molecule has 0 bridgehead atoms. The van der Waals surface area contributed by atoms with Crippen LogP contribution in [0.1, 0.15) is 12.8 Å². The van der Waals surface area contributed by atoms with Gasteiger partial charge in [0, 0.05) is 39.5 Å². The summed E-state index contributed by atoms with van der Waals surface area (Å²) in [6.07, 6.45) is 1.33. The summed E-state index contributed by atoms with van der Waals surface area (Å²) < 4.78 is 9.71. The van der Waals surface area contributed by atoms with Crippen LogP contribution in [0.25, 0.3) is 0 Å². The van der Waals surface area contributed by atoms with Crippen molar-refractivity contribution in [2.75, 3.05) is 39.1 Å². The molecule has 0 aliphatic rings. The van der Waals surface area contributed by atoms with E-state index >= 15 is 0 Å². The molecule has 5 heteroatoms. The fourth-order valence-electron chi connectivity index (χ4n) is 0.870. The molecule has 0 aromatic heterocycles. The minimum Gasteiger partial charge on any atom is -0.385 e. The monoisotopic (exact) mass is 221 g/mol. The van der Waals surface area contributed by atoms with E-state index in [1.165, 1.54) is 0 Å². The molecule has 0 radical (unpaired) electrons. The van der Waals surface area contributed by atoms with Crippen LogP contribution in [-0.2, 0) is 14.3 Å². The van der Waals surface area contributed by atoms with Crippen molar-refractivity contribution in [1.82, 2.24) is 5.32 Å². The average molecular weight is 221 g/mol. The Bertz CT molecular complexity index is 144. The van der Waals surface area contributed by atoms with Crippen LogP contribution in [-0.4, -0.2) is 45.0 Å². The Balaban J connectivity index is 3.10. The number of thioether (sulfide) groups is 1. The third kappa shape index (κ3) is 9.83. The Hall–Kier alpha value is -0.260. The Labute approximate surface area is 89.7 Å². The average Bonchev–Trinajstić information content (AvgIpc) is 2.18. The largest absolute Gasteiger partial charge is 0.385 e. The predicted octanol–water partition coefficient (Wildman–Crippen LogP) is 0.866. The molecule has 84 valence electrons. The zero-order valence-corrected chi connectivity index (χ0v) is 9.69. The lowest BCUT2D eigenvalue weighted by atomic mass is 10.3. The molecule has 0 aromatic rings. The van der Waals surface area contributed by atoms with Crippen LogP contribution in [0.5, 0.6) is 0 Å².